The van der Waals surface area contributed by atoms with E-state index in [1.54, 1.807) is 11.4 Å². The van der Waals surface area contributed by atoms with Gasteiger partial charge in [-0.2, -0.15) is 0 Å². The fourth-order valence-corrected chi connectivity index (χ4v) is 3.53. The highest BCUT2D eigenvalue weighted by Gasteiger charge is 2.27. The van der Waals surface area contributed by atoms with Crippen LogP contribution >= 0.6 is 0 Å². The molecule has 1 aliphatic rings. The minimum absolute atomic E-state index is 0.254. The first-order valence-electron chi connectivity index (χ1n) is 5.68. The molecule has 0 aromatic rings. The molecule has 0 aromatic heterocycles. The van der Waals surface area contributed by atoms with E-state index >= 15 is 0 Å². The smallest absolute Gasteiger partial charge is 0.214 e. The molecule has 5 heteroatoms. The lowest BCUT2D eigenvalue weighted by Gasteiger charge is -2.23. The maximum absolute atomic E-state index is 11.9. The summed E-state index contributed by atoms with van der Waals surface area (Å²) in [6.45, 7) is 0.762. The Kier molecular flexibility index (Phi) is 5.02. The zero-order chi connectivity index (χ0) is 11.3. The summed E-state index contributed by atoms with van der Waals surface area (Å²) in [6.07, 6.45) is 5.08. The van der Waals surface area contributed by atoms with Gasteiger partial charge in [0.1, 0.15) is 0 Å². The number of nitrogens with one attached hydrogen (secondary N) is 1. The van der Waals surface area contributed by atoms with E-state index in [9.17, 15) is 8.42 Å². The summed E-state index contributed by atoms with van der Waals surface area (Å²) in [5.41, 5.74) is 0. The number of hydrogen-bond acceptors (Lipinski definition) is 3. The highest BCUT2D eigenvalue weighted by Crippen LogP contribution is 2.24. The second kappa shape index (κ2) is 5.82. The molecule has 90 valence electrons. The van der Waals surface area contributed by atoms with Crippen LogP contribution in [0.1, 0.15) is 32.1 Å². The third-order valence-corrected chi connectivity index (χ3v) is 5.09. The Morgan fingerprint density at radius 1 is 1.33 bits per heavy atom. The molecule has 1 N–H and O–H groups in total. The van der Waals surface area contributed by atoms with Crippen LogP contribution in [0.25, 0.3) is 0 Å². The van der Waals surface area contributed by atoms with E-state index in [-0.39, 0.29) is 11.8 Å². The van der Waals surface area contributed by atoms with Crippen LogP contribution in [0.4, 0.5) is 0 Å². The monoisotopic (exact) mass is 234 g/mol. The molecular formula is C10H22N2O2S. The van der Waals surface area contributed by atoms with Crippen molar-refractivity contribution in [3.8, 4) is 0 Å². The van der Waals surface area contributed by atoms with Crippen molar-refractivity contribution >= 4 is 10.0 Å². The quantitative estimate of drug-likeness (QED) is 0.692. The standard InChI is InChI=1S/C10H22N2O2S/c1-11-8-5-9-15(13,14)12(2)10-6-3-4-7-10/h10-11H,3-9H2,1-2H3. The van der Waals surface area contributed by atoms with Gasteiger partial charge >= 0.3 is 0 Å². The van der Waals surface area contributed by atoms with E-state index in [4.69, 9.17) is 0 Å². The van der Waals surface area contributed by atoms with Gasteiger partial charge in [0.25, 0.3) is 0 Å². The lowest BCUT2D eigenvalue weighted by molar-refractivity contribution is 0.372. The molecule has 1 rings (SSSR count). The zero-order valence-electron chi connectivity index (χ0n) is 9.70. The molecule has 0 amide bonds. The Balaban J connectivity index is 2.44. The number of rotatable bonds is 6. The Hall–Kier alpha value is -0.130. The summed E-state index contributed by atoms with van der Waals surface area (Å²) in [5, 5.41) is 2.97. The third kappa shape index (κ3) is 3.74. The fourth-order valence-electron chi connectivity index (χ4n) is 2.07. The van der Waals surface area contributed by atoms with Gasteiger partial charge in [-0.05, 0) is 32.9 Å². The Bertz CT molecular complexity index is 271. The van der Waals surface area contributed by atoms with Gasteiger partial charge in [-0.15, -0.1) is 0 Å². The predicted octanol–water partition coefficient (Wildman–Crippen LogP) is 0.800. The average Bonchev–Trinajstić information content (AvgIpc) is 2.69. The largest absolute Gasteiger partial charge is 0.320 e. The van der Waals surface area contributed by atoms with Crippen molar-refractivity contribution in [1.29, 1.82) is 0 Å². The lowest BCUT2D eigenvalue weighted by atomic mass is 10.3. The molecule has 0 aliphatic heterocycles. The Morgan fingerprint density at radius 2 is 1.93 bits per heavy atom. The lowest BCUT2D eigenvalue weighted by Crippen LogP contribution is -2.37. The molecule has 0 unspecified atom stereocenters. The van der Waals surface area contributed by atoms with Crippen LogP contribution < -0.4 is 5.32 Å². The number of sulfonamides is 1. The molecule has 1 fully saturated rings. The van der Waals surface area contributed by atoms with E-state index in [0.717, 1.165) is 19.4 Å². The maximum Gasteiger partial charge on any atom is 0.214 e. The molecule has 0 heterocycles. The van der Waals surface area contributed by atoms with Crippen molar-refractivity contribution in [2.45, 2.75) is 38.1 Å². The molecule has 0 atom stereocenters. The summed E-state index contributed by atoms with van der Waals surface area (Å²) < 4.78 is 25.4. The van der Waals surface area contributed by atoms with Gasteiger partial charge in [0, 0.05) is 13.1 Å². The van der Waals surface area contributed by atoms with Gasteiger partial charge < -0.3 is 5.32 Å². The molecular weight excluding hydrogens is 212 g/mol. The number of hydrogen-bond donors (Lipinski definition) is 1. The highest BCUT2D eigenvalue weighted by atomic mass is 32.2. The highest BCUT2D eigenvalue weighted by molar-refractivity contribution is 7.89. The first-order valence-corrected chi connectivity index (χ1v) is 7.29. The Morgan fingerprint density at radius 3 is 2.47 bits per heavy atom. The second-order valence-electron chi connectivity index (χ2n) is 4.23. The summed E-state index contributed by atoms with van der Waals surface area (Å²) in [6, 6.07) is 0.254. The van der Waals surface area contributed by atoms with Gasteiger partial charge in [-0.1, -0.05) is 12.8 Å². The molecule has 0 bridgehead atoms. The average molecular weight is 234 g/mol. The fraction of sp³-hybridized carbons (Fsp3) is 1.00. The summed E-state index contributed by atoms with van der Waals surface area (Å²) in [7, 11) is 0.545. The van der Waals surface area contributed by atoms with Crippen LogP contribution in [0.2, 0.25) is 0 Å². The van der Waals surface area contributed by atoms with Crippen molar-refractivity contribution in [2.24, 2.45) is 0 Å². The van der Waals surface area contributed by atoms with Gasteiger partial charge in [-0.25, -0.2) is 12.7 Å². The minimum atomic E-state index is -3.02. The summed E-state index contributed by atoms with van der Waals surface area (Å²) >= 11 is 0. The van der Waals surface area contributed by atoms with Crippen LogP contribution in [0.15, 0.2) is 0 Å². The van der Waals surface area contributed by atoms with Crippen molar-refractivity contribution in [3.05, 3.63) is 0 Å². The van der Waals surface area contributed by atoms with Gasteiger partial charge in [-0.3, -0.25) is 0 Å². The van der Waals surface area contributed by atoms with Gasteiger partial charge in [0.2, 0.25) is 10.0 Å². The van der Waals surface area contributed by atoms with E-state index in [1.807, 2.05) is 7.05 Å². The molecule has 0 saturated heterocycles. The molecule has 15 heavy (non-hydrogen) atoms. The Labute approximate surface area is 93.1 Å². The van der Waals surface area contributed by atoms with E-state index in [2.05, 4.69) is 5.32 Å². The summed E-state index contributed by atoms with van der Waals surface area (Å²) in [5.74, 6) is 0.265. The molecule has 0 aromatic carbocycles. The molecule has 1 aliphatic carbocycles. The van der Waals surface area contributed by atoms with Crippen molar-refractivity contribution in [2.75, 3.05) is 26.4 Å². The van der Waals surface area contributed by atoms with Gasteiger partial charge in [0.15, 0.2) is 0 Å². The van der Waals surface area contributed by atoms with Crippen LogP contribution in [0, 0.1) is 0 Å². The van der Waals surface area contributed by atoms with Crippen LogP contribution in [0.5, 0.6) is 0 Å². The third-order valence-electron chi connectivity index (χ3n) is 3.11. The van der Waals surface area contributed by atoms with Crippen LogP contribution in [-0.4, -0.2) is 45.2 Å². The molecule has 0 spiro atoms. The van der Waals surface area contributed by atoms with E-state index in [0.29, 0.717) is 6.42 Å². The molecule has 0 radical (unpaired) electrons. The maximum atomic E-state index is 11.9. The minimum Gasteiger partial charge on any atom is -0.320 e. The summed E-state index contributed by atoms with van der Waals surface area (Å²) in [4.78, 5) is 0. The first-order chi connectivity index (χ1) is 7.08. The van der Waals surface area contributed by atoms with Crippen molar-refractivity contribution in [3.63, 3.8) is 0 Å². The predicted molar refractivity (Wildman–Crippen MR) is 62.3 cm³/mol. The number of nitrogens with zero attached hydrogens (tertiary/aromatic N) is 1. The topological polar surface area (TPSA) is 49.4 Å². The molecule has 4 nitrogen and oxygen atoms in total. The van der Waals surface area contributed by atoms with Crippen molar-refractivity contribution < 1.29 is 8.42 Å². The molecule has 1 saturated carbocycles. The van der Waals surface area contributed by atoms with Crippen molar-refractivity contribution in [1.82, 2.24) is 9.62 Å². The van der Waals surface area contributed by atoms with Gasteiger partial charge in [0.05, 0.1) is 5.75 Å². The zero-order valence-corrected chi connectivity index (χ0v) is 10.5. The van der Waals surface area contributed by atoms with E-state index < -0.39 is 10.0 Å². The SMILES string of the molecule is CNCCCS(=O)(=O)N(C)C1CCCC1. The van der Waals surface area contributed by atoms with Crippen LogP contribution in [0.3, 0.4) is 0 Å². The van der Waals surface area contributed by atoms with Crippen LogP contribution in [-0.2, 0) is 10.0 Å². The van der Waals surface area contributed by atoms with E-state index in [1.165, 1.54) is 12.8 Å². The normalized spacial score (nSPS) is 18.9. The first kappa shape index (κ1) is 12.9. The second-order valence-corrected chi connectivity index (χ2v) is 6.38.